The summed E-state index contributed by atoms with van der Waals surface area (Å²) >= 11 is 11.9. The first-order chi connectivity index (χ1) is 9.08. The number of rotatable bonds is 5. The lowest BCUT2D eigenvalue weighted by molar-refractivity contribution is 0.564. The molecule has 0 aliphatic rings. The Morgan fingerprint density at radius 3 is 2.74 bits per heavy atom. The summed E-state index contributed by atoms with van der Waals surface area (Å²) in [6, 6.07) is 5.90. The first kappa shape index (κ1) is 14.3. The van der Waals surface area contributed by atoms with Gasteiger partial charge in [0.2, 0.25) is 0 Å². The largest absolute Gasteiger partial charge is 0.321 e. The third-order valence-corrected chi connectivity index (χ3v) is 3.79. The molecular formula is C13H16Cl2N4. The lowest BCUT2D eigenvalue weighted by Crippen LogP contribution is -2.22. The molecule has 102 valence electrons. The summed E-state index contributed by atoms with van der Waals surface area (Å²) in [5.41, 5.74) is 1.12. The van der Waals surface area contributed by atoms with Crippen LogP contribution in [0.3, 0.4) is 0 Å². The van der Waals surface area contributed by atoms with Gasteiger partial charge in [-0.15, -0.1) is 10.2 Å². The van der Waals surface area contributed by atoms with E-state index in [1.807, 2.05) is 29.8 Å². The van der Waals surface area contributed by atoms with Crippen molar-refractivity contribution in [2.45, 2.75) is 19.4 Å². The van der Waals surface area contributed by atoms with E-state index in [9.17, 15) is 0 Å². The molecule has 1 aromatic carbocycles. The molecule has 0 aliphatic heterocycles. The maximum absolute atomic E-state index is 6.01. The quantitative estimate of drug-likeness (QED) is 0.923. The van der Waals surface area contributed by atoms with Gasteiger partial charge >= 0.3 is 0 Å². The minimum atomic E-state index is 0.211. The van der Waals surface area contributed by atoms with Gasteiger partial charge in [0, 0.05) is 26.1 Å². The molecule has 4 nitrogen and oxygen atoms in total. The summed E-state index contributed by atoms with van der Waals surface area (Å²) in [4.78, 5) is 0. The molecule has 19 heavy (non-hydrogen) atoms. The van der Waals surface area contributed by atoms with E-state index in [4.69, 9.17) is 23.2 Å². The van der Waals surface area contributed by atoms with Crippen LogP contribution in [0, 0.1) is 0 Å². The molecule has 0 saturated carbocycles. The van der Waals surface area contributed by atoms with E-state index in [0.29, 0.717) is 10.0 Å². The maximum Gasteiger partial charge on any atom is 0.133 e. The number of benzene rings is 1. The van der Waals surface area contributed by atoms with E-state index in [-0.39, 0.29) is 6.04 Å². The second-order valence-corrected chi connectivity index (χ2v) is 5.27. The average Bonchev–Trinajstić information content (AvgIpc) is 2.78. The van der Waals surface area contributed by atoms with Gasteiger partial charge < -0.3 is 9.88 Å². The van der Waals surface area contributed by atoms with Crippen molar-refractivity contribution in [2.75, 3.05) is 6.54 Å². The minimum absolute atomic E-state index is 0.211. The van der Waals surface area contributed by atoms with Gasteiger partial charge in [0.25, 0.3) is 0 Å². The van der Waals surface area contributed by atoms with Crippen molar-refractivity contribution in [1.82, 2.24) is 20.1 Å². The molecule has 0 fully saturated rings. The van der Waals surface area contributed by atoms with Crippen LogP contribution in [0.2, 0.25) is 10.0 Å². The molecule has 2 aromatic rings. The van der Waals surface area contributed by atoms with Crippen LogP contribution in [0.1, 0.15) is 24.4 Å². The topological polar surface area (TPSA) is 42.7 Å². The summed E-state index contributed by atoms with van der Waals surface area (Å²) in [6.07, 6.45) is 2.54. The second-order valence-electron chi connectivity index (χ2n) is 4.46. The summed E-state index contributed by atoms with van der Waals surface area (Å²) < 4.78 is 1.92. The Kier molecular flexibility index (Phi) is 4.80. The molecule has 1 aromatic heterocycles. The number of hydrogen-bond acceptors (Lipinski definition) is 3. The Morgan fingerprint density at radius 1 is 1.32 bits per heavy atom. The first-order valence-electron chi connectivity index (χ1n) is 6.09. The molecule has 0 radical (unpaired) electrons. The molecule has 0 amide bonds. The highest BCUT2D eigenvalue weighted by atomic mass is 35.5. The van der Waals surface area contributed by atoms with Crippen molar-refractivity contribution in [3.05, 3.63) is 46.0 Å². The van der Waals surface area contributed by atoms with Gasteiger partial charge in [0.15, 0.2) is 0 Å². The average molecular weight is 299 g/mol. The normalized spacial score (nSPS) is 12.6. The third-order valence-electron chi connectivity index (χ3n) is 3.05. The monoisotopic (exact) mass is 298 g/mol. The van der Waals surface area contributed by atoms with Crippen molar-refractivity contribution >= 4 is 23.2 Å². The molecule has 0 saturated heterocycles. The fraction of sp³-hybridized carbons (Fsp3) is 0.385. The number of nitrogens with one attached hydrogen (secondary N) is 1. The Hall–Kier alpha value is -1.10. The SMILES string of the molecule is CC(NCCc1nncn1C)c1ccc(Cl)c(Cl)c1. The van der Waals surface area contributed by atoms with Gasteiger partial charge in [-0.2, -0.15) is 0 Å². The number of hydrogen-bond donors (Lipinski definition) is 1. The minimum Gasteiger partial charge on any atom is -0.321 e. The predicted molar refractivity (Wildman–Crippen MR) is 77.6 cm³/mol. The zero-order valence-corrected chi connectivity index (χ0v) is 12.4. The summed E-state index contributed by atoms with van der Waals surface area (Å²) in [6.45, 7) is 2.92. The highest BCUT2D eigenvalue weighted by Crippen LogP contribution is 2.25. The lowest BCUT2D eigenvalue weighted by Gasteiger charge is -2.14. The molecule has 1 heterocycles. The van der Waals surface area contributed by atoms with Gasteiger partial charge in [0.05, 0.1) is 10.0 Å². The smallest absolute Gasteiger partial charge is 0.133 e. The highest BCUT2D eigenvalue weighted by Gasteiger charge is 2.08. The summed E-state index contributed by atoms with van der Waals surface area (Å²) in [5, 5.41) is 12.5. The molecule has 0 spiro atoms. The van der Waals surface area contributed by atoms with Crippen molar-refractivity contribution in [1.29, 1.82) is 0 Å². The van der Waals surface area contributed by atoms with E-state index >= 15 is 0 Å². The van der Waals surface area contributed by atoms with Crippen LogP contribution >= 0.6 is 23.2 Å². The van der Waals surface area contributed by atoms with Gasteiger partial charge in [-0.3, -0.25) is 0 Å². The Morgan fingerprint density at radius 2 is 2.11 bits per heavy atom. The van der Waals surface area contributed by atoms with E-state index < -0.39 is 0 Å². The van der Waals surface area contributed by atoms with Gasteiger partial charge in [-0.1, -0.05) is 29.3 Å². The van der Waals surface area contributed by atoms with Gasteiger partial charge in [-0.05, 0) is 24.6 Å². The van der Waals surface area contributed by atoms with Crippen molar-refractivity contribution in [2.24, 2.45) is 7.05 Å². The summed E-state index contributed by atoms with van der Waals surface area (Å²) in [5.74, 6) is 0.967. The molecule has 6 heteroatoms. The van der Waals surface area contributed by atoms with Crippen LogP contribution < -0.4 is 5.32 Å². The Balaban J connectivity index is 1.89. The standard InChI is InChI=1S/C13H16Cl2N4/c1-9(10-3-4-11(14)12(15)7-10)16-6-5-13-18-17-8-19(13)2/h3-4,7-9,16H,5-6H2,1-2H3. The third kappa shape index (κ3) is 3.69. The van der Waals surface area contributed by atoms with Crippen LogP contribution in [0.25, 0.3) is 0 Å². The maximum atomic E-state index is 6.01. The number of aromatic nitrogens is 3. The van der Waals surface area contributed by atoms with Gasteiger partial charge in [0.1, 0.15) is 12.2 Å². The molecule has 2 rings (SSSR count). The van der Waals surface area contributed by atoms with E-state index in [0.717, 1.165) is 24.4 Å². The number of aryl methyl sites for hydroxylation is 1. The molecule has 1 N–H and O–H groups in total. The predicted octanol–water partition coefficient (Wildman–Crippen LogP) is 3.02. The zero-order valence-electron chi connectivity index (χ0n) is 10.9. The number of halogens is 2. The second kappa shape index (κ2) is 6.37. The fourth-order valence-corrected chi connectivity index (χ4v) is 2.14. The van der Waals surface area contributed by atoms with E-state index in [1.165, 1.54) is 0 Å². The van der Waals surface area contributed by atoms with Crippen LogP contribution in [-0.2, 0) is 13.5 Å². The summed E-state index contributed by atoms with van der Waals surface area (Å²) in [7, 11) is 1.94. The van der Waals surface area contributed by atoms with Crippen LogP contribution in [0.4, 0.5) is 0 Å². The van der Waals surface area contributed by atoms with Gasteiger partial charge in [-0.25, -0.2) is 0 Å². The molecule has 0 bridgehead atoms. The van der Waals surface area contributed by atoms with Crippen LogP contribution in [0.5, 0.6) is 0 Å². The van der Waals surface area contributed by atoms with Crippen molar-refractivity contribution in [3.63, 3.8) is 0 Å². The molecule has 0 aliphatic carbocycles. The highest BCUT2D eigenvalue weighted by molar-refractivity contribution is 6.42. The van der Waals surface area contributed by atoms with Crippen LogP contribution in [-0.4, -0.2) is 21.3 Å². The zero-order chi connectivity index (χ0) is 13.8. The number of nitrogens with zero attached hydrogens (tertiary/aromatic N) is 3. The molecular weight excluding hydrogens is 283 g/mol. The molecule has 1 atom stereocenters. The van der Waals surface area contributed by atoms with E-state index in [1.54, 1.807) is 6.33 Å². The molecule has 1 unspecified atom stereocenters. The lowest BCUT2D eigenvalue weighted by atomic mass is 10.1. The Bertz CT molecular complexity index is 553. The van der Waals surface area contributed by atoms with Crippen molar-refractivity contribution in [3.8, 4) is 0 Å². The fourth-order valence-electron chi connectivity index (χ4n) is 1.83. The first-order valence-corrected chi connectivity index (χ1v) is 6.84. The van der Waals surface area contributed by atoms with Crippen LogP contribution in [0.15, 0.2) is 24.5 Å². The Labute approximate surface area is 122 Å². The van der Waals surface area contributed by atoms with Crippen molar-refractivity contribution < 1.29 is 0 Å². The van der Waals surface area contributed by atoms with E-state index in [2.05, 4.69) is 22.4 Å².